The molecule has 2 heterocycles. The second-order valence-electron chi connectivity index (χ2n) is 7.02. The summed E-state index contributed by atoms with van der Waals surface area (Å²) < 4.78 is 0. The van der Waals surface area contributed by atoms with E-state index in [0.29, 0.717) is 6.42 Å². The Kier molecular flexibility index (Phi) is 5.32. The van der Waals surface area contributed by atoms with E-state index in [4.69, 9.17) is 11.5 Å². The van der Waals surface area contributed by atoms with Crippen molar-refractivity contribution in [3.05, 3.63) is 36.0 Å². The van der Waals surface area contributed by atoms with Crippen molar-refractivity contribution in [3.8, 4) is 0 Å². The first-order valence-electron chi connectivity index (χ1n) is 8.81. The van der Waals surface area contributed by atoms with E-state index in [1.54, 1.807) is 6.92 Å². The monoisotopic (exact) mass is 385 g/mol. The maximum Gasteiger partial charge on any atom is 0.318 e. The molecule has 4 amide bonds. The van der Waals surface area contributed by atoms with Crippen molar-refractivity contribution in [3.63, 3.8) is 0 Å². The number of urea groups is 1. The van der Waals surface area contributed by atoms with Gasteiger partial charge in [-0.25, -0.2) is 9.79 Å². The zero-order valence-corrected chi connectivity index (χ0v) is 15.4. The average Bonchev–Trinajstić information content (AvgIpc) is 3.01. The summed E-state index contributed by atoms with van der Waals surface area (Å²) in [5, 5.41) is 8.35. The van der Waals surface area contributed by atoms with Crippen molar-refractivity contribution in [2.75, 3.05) is 6.54 Å². The first-order chi connectivity index (χ1) is 13.3. The van der Waals surface area contributed by atoms with E-state index in [1.807, 2.05) is 30.5 Å². The van der Waals surface area contributed by atoms with Gasteiger partial charge in [-0.15, -0.1) is 0 Å². The second-order valence-corrected chi connectivity index (χ2v) is 7.02. The molecule has 1 aromatic heterocycles. The molecule has 3 rings (SSSR count). The van der Waals surface area contributed by atoms with Crippen LogP contribution in [0.1, 0.15) is 18.9 Å². The molecule has 0 saturated heterocycles. The van der Waals surface area contributed by atoms with E-state index >= 15 is 0 Å². The fraction of sp³-hybridized carbons (Fsp3) is 0.333. The number of carbonyl (C=O) groups is 3. The van der Waals surface area contributed by atoms with Gasteiger partial charge in [0.25, 0.3) is 5.91 Å². The highest BCUT2D eigenvalue weighted by Gasteiger charge is 2.38. The first kappa shape index (κ1) is 19.4. The zero-order valence-electron chi connectivity index (χ0n) is 15.4. The van der Waals surface area contributed by atoms with Gasteiger partial charge in [-0.3, -0.25) is 20.2 Å². The number of H-pyrrole nitrogens is 1. The predicted molar refractivity (Wildman–Crippen MR) is 104 cm³/mol. The van der Waals surface area contributed by atoms with Crippen LogP contribution in [0.5, 0.6) is 0 Å². The summed E-state index contributed by atoms with van der Waals surface area (Å²) in [5.41, 5.74) is 12.0. The molecular weight excluding hydrogens is 362 g/mol. The third kappa shape index (κ3) is 4.29. The van der Waals surface area contributed by atoms with Gasteiger partial charge in [0.1, 0.15) is 5.54 Å². The molecule has 0 unspecified atom stereocenters. The second kappa shape index (κ2) is 7.69. The number of guanidine groups is 1. The summed E-state index contributed by atoms with van der Waals surface area (Å²) in [5.74, 6) is -0.892. The van der Waals surface area contributed by atoms with Crippen LogP contribution in [-0.2, 0) is 16.0 Å². The van der Waals surface area contributed by atoms with Crippen LogP contribution in [0.4, 0.5) is 4.79 Å². The van der Waals surface area contributed by atoms with Crippen molar-refractivity contribution < 1.29 is 14.4 Å². The number of aliphatic imine (C=N–C) groups is 1. The van der Waals surface area contributed by atoms with E-state index in [2.05, 4.69) is 25.9 Å². The van der Waals surface area contributed by atoms with Crippen molar-refractivity contribution in [2.45, 2.75) is 31.3 Å². The van der Waals surface area contributed by atoms with Gasteiger partial charge < -0.3 is 21.8 Å². The molecule has 0 spiro atoms. The number of para-hydroxylation sites is 1. The molecule has 0 bridgehead atoms. The smallest absolute Gasteiger partial charge is 0.318 e. The number of nitrogens with zero attached hydrogens (tertiary/aromatic N) is 1. The fourth-order valence-electron chi connectivity index (χ4n) is 3.13. The van der Waals surface area contributed by atoms with E-state index in [9.17, 15) is 14.4 Å². The minimum Gasteiger partial charge on any atom is -0.361 e. The van der Waals surface area contributed by atoms with Crippen LogP contribution >= 0.6 is 0 Å². The first-order valence-corrected chi connectivity index (χ1v) is 8.81. The lowest BCUT2D eigenvalue weighted by Gasteiger charge is -2.32. The Bertz CT molecular complexity index is 952. The van der Waals surface area contributed by atoms with Crippen LogP contribution in [0.15, 0.2) is 35.5 Å². The average molecular weight is 385 g/mol. The number of carbonyl (C=O) groups excluding carboxylic acids is 3. The number of fused-ring (bicyclic) bond motifs is 1. The summed E-state index contributed by atoms with van der Waals surface area (Å²) in [6, 6.07) is 6.61. The highest BCUT2D eigenvalue weighted by atomic mass is 16.2. The fourth-order valence-corrected chi connectivity index (χ4v) is 3.13. The summed E-state index contributed by atoms with van der Waals surface area (Å²) in [6.07, 6.45) is 2.46. The van der Waals surface area contributed by atoms with Crippen LogP contribution in [0.3, 0.4) is 0 Å². The quantitative estimate of drug-likeness (QED) is 0.407. The van der Waals surface area contributed by atoms with Gasteiger partial charge in [-0.05, 0) is 25.0 Å². The molecule has 0 aliphatic carbocycles. The Hall–Kier alpha value is -3.40. The molecule has 8 N–H and O–H groups in total. The lowest BCUT2D eigenvalue weighted by Crippen LogP contribution is -2.65. The normalized spacial score (nSPS) is 20.2. The number of hydrogen-bond acceptors (Lipinski definition) is 5. The van der Waals surface area contributed by atoms with Crippen molar-refractivity contribution in [2.24, 2.45) is 16.5 Å². The standard InChI is InChI=1S/C18H23N7O3/c1-18(9-22-17(23-15(18)27)24-16(20)28)25-14(26)7-11(19)6-10-8-21-13-5-3-2-4-12(10)13/h2-5,8,11,21H,6-7,9,19H2,1H3,(H,25,26)(H4,20,22,23,24,27,28)/t11-,18+/m1/s1. The number of nitrogens with two attached hydrogens (primary N) is 2. The Morgan fingerprint density at radius 2 is 2.11 bits per heavy atom. The molecule has 28 heavy (non-hydrogen) atoms. The minimum atomic E-state index is -1.24. The molecular formula is C18H23N7O3. The number of hydrogen-bond donors (Lipinski definition) is 6. The van der Waals surface area contributed by atoms with Crippen LogP contribution in [0.25, 0.3) is 10.9 Å². The molecule has 0 fully saturated rings. The maximum absolute atomic E-state index is 12.4. The van der Waals surface area contributed by atoms with Gasteiger partial charge in [-0.2, -0.15) is 0 Å². The Labute approximate surface area is 161 Å². The van der Waals surface area contributed by atoms with Crippen LogP contribution in [-0.4, -0.2) is 46.9 Å². The van der Waals surface area contributed by atoms with Gasteiger partial charge in [0.05, 0.1) is 6.54 Å². The molecule has 10 nitrogen and oxygen atoms in total. The van der Waals surface area contributed by atoms with E-state index < -0.39 is 23.5 Å². The number of benzene rings is 1. The lowest BCUT2D eigenvalue weighted by molar-refractivity contribution is -0.132. The lowest BCUT2D eigenvalue weighted by atomic mass is 9.98. The minimum absolute atomic E-state index is 0.0299. The number of aromatic amines is 1. The molecule has 1 aliphatic rings. The van der Waals surface area contributed by atoms with Crippen LogP contribution in [0, 0.1) is 0 Å². The molecule has 1 aliphatic heterocycles. The molecule has 1 aromatic carbocycles. The molecule has 0 saturated carbocycles. The topological polar surface area (TPSA) is 167 Å². The van der Waals surface area contributed by atoms with E-state index in [-0.39, 0.29) is 24.8 Å². The largest absolute Gasteiger partial charge is 0.361 e. The molecule has 148 valence electrons. The number of aromatic nitrogens is 1. The Morgan fingerprint density at radius 1 is 1.36 bits per heavy atom. The van der Waals surface area contributed by atoms with Crippen LogP contribution in [0.2, 0.25) is 0 Å². The van der Waals surface area contributed by atoms with E-state index in [1.165, 1.54) is 0 Å². The van der Waals surface area contributed by atoms with Crippen molar-refractivity contribution >= 4 is 34.7 Å². The third-order valence-electron chi connectivity index (χ3n) is 4.55. The van der Waals surface area contributed by atoms with Gasteiger partial charge >= 0.3 is 6.03 Å². The highest BCUT2D eigenvalue weighted by Crippen LogP contribution is 2.19. The van der Waals surface area contributed by atoms with Crippen LogP contribution < -0.4 is 27.4 Å². The maximum atomic E-state index is 12.4. The Balaban J connectivity index is 1.58. The molecule has 10 heteroatoms. The number of amides is 4. The summed E-state index contributed by atoms with van der Waals surface area (Å²) in [6.45, 7) is 1.52. The summed E-state index contributed by atoms with van der Waals surface area (Å²) >= 11 is 0. The number of primary amides is 1. The van der Waals surface area contributed by atoms with Gasteiger partial charge in [0.2, 0.25) is 11.9 Å². The molecule has 0 radical (unpaired) electrons. The van der Waals surface area contributed by atoms with Gasteiger partial charge in [-0.1, -0.05) is 18.2 Å². The SMILES string of the molecule is C[C@]1(NC(=O)C[C@H](N)Cc2c[nH]c3ccccc23)CN=C(NC(N)=O)NC1=O. The third-order valence-corrected chi connectivity index (χ3v) is 4.55. The molecule has 2 atom stereocenters. The van der Waals surface area contributed by atoms with Gasteiger partial charge in [0.15, 0.2) is 0 Å². The summed E-state index contributed by atoms with van der Waals surface area (Å²) in [7, 11) is 0. The molecule has 2 aromatic rings. The number of rotatable bonds is 5. The highest BCUT2D eigenvalue weighted by molar-refractivity contribution is 6.08. The predicted octanol–water partition coefficient (Wildman–Crippen LogP) is -0.543. The van der Waals surface area contributed by atoms with Crippen molar-refractivity contribution in [1.82, 2.24) is 20.9 Å². The number of nitrogens with one attached hydrogen (secondary N) is 4. The van der Waals surface area contributed by atoms with Crippen molar-refractivity contribution in [1.29, 1.82) is 0 Å². The Morgan fingerprint density at radius 3 is 2.82 bits per heavy atom. The summed E-state index contributed by atoms with van der Waals surface area (Å²) in [4.78, 5) is 42.7. The zero-order chi connectivity index (χ0) is 20.3. The van der Waals surface area contributed by atoms with Gasteiger partial charge in [0, 0.05) is 29.6 Å². The van der Waals surface area contributed by atoms with E-state index in [0.717, 1.165) is 16.5 Å².